The number of rotatable bonds is 7. The molecule has 22 heavy (non-hydrogen) atoms. The van der Waals surface area contributed by atoms with Gasteiger partial charge in [-0.2, -0.15) is 0 Å². The number of benzene rings is 1. The van der Waals surface area contributed by atoms with Gasteiger partial charge in [0.25, 0.3) is 5.91 Å². The van der Waals surface area contributed by atoms with Crippen LogP contribution in [0.5, 0.6) is 0 Å². The lowest BCUT2D eigenvalue weighted by molar-refractivity contribution is -0.139. The second-order valence-electron chi connectivity index (χ2n) is 4.91. The molecule has 1 atom stereocenters. The monoisotopic (exact) mass is 302 g/mol. The van der Waals surface area contributed by atoms with Crippen molar-refractivity contribution in [3.05, 3.63) is 42.3 Å². The van der Waals surface area contributed by atoms with Gasteiger partial charge in [0.2, 0.25) is 5.89 Å². The van der Waals surface area contributed by atoms with E-state index in [1.807, 2.05) is 37.3 Å². The zero-order chi connectivity index (χ0) is 15.9. The topological polar surface area (TPSA) is 92.4 Å². The number of carboxylic acids is 1. The van der Waals surface area contributed by atoms with E-state index in [1.54, 1.807) is 0 Å². The van der Waals surface area contributed by atoms with Crippen molar-refractivity contribution >= 4 is 11.9 Å². The Morgan fingerprint density at radius 1 is 1.32 bits per heavy atom. The van der Waals surface area contributed by atoms with Gasteiger partial charge in [-0.25, -0.2) is 9.78 Å². The van der Waals surface area contributed by atoms with E-state index in [1.165, 1.54) is 6.26 Å². The first kappa shape index (κ1) is 15.8. The standard InChI is InChI=1S/C16H18N2O4/c1-2-3-9-12(16(20)21)17-14(19)13-10-22-15(18-13)11-7-5-4-6-8-11/h4-8,10,12H,2-3,9H2,1H3,(H,17,19)(H,20,21)/t12-/m0/s1. The molecule has 2 rings (SSSR count). The molecule has 0 aliphatic carbocycles. The Hall–Kier alpha value is -2.63. The summed E-state index contributed by atoms with van der Waals surface area (Å²) in [5.41, 5.74) is 0.823. The molecule has 6 nitrogen and oxygen atoms in total. The Morgan fingerprint density at radius 2 is 2.05 bits per heavy atom. The molecule has 1 heterocycles. The van der Waals surface area contributed by atoms with Gasteiger partial charge in [0.05, 0.1) is 0 Å². The number of carbonyl (C=O) groups excluding carboxylic acids is 1. The van der Waals surface area contributed by atoms with E-state index in [9.17, 15) is 9.59 Å². The number of nitrogens with one attached hydrogen (secondary N) is 1. The van der Waals surface area contributed by atoms with Gasteiger partial charge in [-0.05, 0) is 18.6 Å². The highest BCUT2D eigenvalue weighted by atomic mass is 16.4. The van der Waals surface area contributed by atoms with Crippen LogP contribution in [-0.2, 0) is 4.79 Å². The van der Waals surface area contributed by atoms with Gasteiger partial charge in [-0.3, -0.25) is 4.79 Å². The molecular formula is C16H18N2O4. The van der Waals surface area contributed by atoms with Gasteiger partial charge in [0.15, 0.2) is 5.69 Å². The molecule has 0 unspecified atom stereocenters. The predicted octanol–water partition coefficient (Wildman–Crippen LogP) is 2.71. The normalized spacial score (nSPS) is 11.9. The van der Waals surface area contributed by atoms with E-state index >= 15 is 0 Å². The van der Waals surface area contributed by atoms with Crippen LogP contribution >= 0.6 is 0 Å². The SMILES string of the molecule is CCCC[C@H](NC(=O)c1coc(-c2ccccc2)n1)C(=O)O. The van der Waals surface area contributed by atoms with Crippen LogP contribution < -0.4 is 5.32 Å². The number of amides is 1. The fourth-order valence-electron chi connectivity index (χ4n) is 1.99. The molecule has 1 aromatic carbocycles. The van der Waals surface area contributed by atoms with Crippen LogP contribution in [0.3, 0.4) is 0 Å². The van der Waals surface area contributed by atoms with E-state index < -0.39 is 17.9 Å². The van der Waals surface area contributed by atoms with Crippen LogP contribution in [0.4, 0.5) is 0 Å². The highest BCUT2D eigenvalue weighted by molar-refractivity contribution is 5.95. The molecule has 0 aliphatic rings. The third kappa shape index (κ3) is 3.94. The molecule has 1 aromatic heterocycles. The lowest BCUT2D eigenvalue weighted by Crippen LogP contribution is -2.40. The summed E-state index contributed by atoms with van der Waals surface area (Å²) >= 11 is 0. The van der Waals surface area contributed by atoms with Crippen LogP contribution in [0.1, 0.15) is 36.7 Å². The van der Waals surface area contributed by atoms with Crippen molar-refractivity contribution in [1.82, 2.24) is 10.3 Å². The van der Waals surface area contributed by atoms with Gasteiger partial charge >= 0.3 is 5.97 Å². The van der Waals surface area contributed by atoms with E-state index in [-0.39, 0.29) is 5.69 Å². The highest BCUT2D eigenvalue weighted by Crippen LogP contribution is 2.18. The first-order chi connectivity index (χ1) is 10.6. The van der Waals surface area contributed by atoms with Crippen LogP contribution in [0.2, 0.25) is 0 Å². The zero-order valence-electron chi connectivity index (χ0n) is 12.3. The maximum absolute atomic E-state index is 12.1. The summed E-state index contributed by atoms with van der Waals surface area (Å²) in [7, 11) is 0. The van der Waals surface area contributed by atoms with E-state index in [4.69, 9.17) is 9.52 Å². The third-order valence-corrected chi connectivity index (χ3v) is 3.21. The number of hydrogen-bond acceptors (Lipinski definition) is 4. The number of aliphatic carboxylic acids is 1. The summed E-state index contributed by atoms with van der Waals surface area (Å²) in [5.74, 6) is -1.27. The first-order valence-corrected chi connectivity index (χ1v) is 7.16. The molecule has 2 aromatic rings. The highest BCUT2D eigenvalue weighted by Gasteiger charge is 2.22. The quantitative estimate of drug-likeness (QED) is 0.820. The first-order valence-electron chi connectivity index (χ1n) is 7.16. The van der Waals surface area contributed by atoms with Crippen LogP contribution in [-0.4, -0.2) is 28.0 Å². The Labute approximate surface area is 128 Å². The fraction of sp³-hybridized carbons (Fsp3) is 0.312. The van der Waals surface area contributed by atoms with E-state index in [0.717, 1.165) is 18.4 Å². The molecule has 0 spiro atoms. The molecule has 0 bridgehead atoms. The molecule has 6 heteroatoms. The Morgan fingerprint density at radius 3 is 2.68 bits per heavy atom. The number of nitrogens with zero attached hydrogens (tertiary/aromatic N) is 1. The van der Waals surface area contributed by atoms with Crippen molar-refractivity contribution in [2.45, 2.75) is 32.2 Å². The summed E-state index contributed by atoms with van der Waals surface area (Å²) in [4.78, 5) is 27.3. The Kier molecular flexibility index (Phi) is 5.30. The lowest BCUT2D eigenvalue weighted by Gasteiger charge is -2.12. The maximum atomic E-state index is 12.1. The summed E-state index contributed by atoms with van der Waals surface area (Å²) in [5, 5.41) is 11.6. The second-order valence-corrected chi connectivity index (χ2v) is 4.91. The van der Waals surface area contributed by atoms with Gasteiger partial charge in [0.1, 0.15) is 12.3 Å². The summed E-state index contributed by atoms with van der Waals surface area (Å²) in [6.45, 7) is 1.96. The van der Waals surface area contributed by atoms with Crippen LogP contribution in [0.15, 0.2) is 41.0 Å². The number of aromatic nitrogens is 1. The second kappa shape index (κ2) is 7.40. The predicted molar refractivity (Wildman–Crippen MR) is 80.4 cm³/mol. The minimum atomic E-state index is -1.05. The smallest absolute Gasteiger partial charge is 0.326 e. The summed E-state index contributed by atoms with van der Waals surface area (Å²) in [6, 6.07) is 8.26. The van der Waals surface area contributed by atoms with Crippen LogP contribution in [0.25, 0.3) is 11.5 Å². The Balaban J connectivity index is 2.06. The average molecular weight is 302 g/mol. The van der Waals surface area contributed by atoms with E-state index in [2.05, 4.69) is 10.3 Å². The lowest BCUT2D eigenvalue weighted by atomic mass is 10.1. The van der Waals surface area contributed by atoms with Crippen molar-refractivity contribution in [3.8, 4) is 11.5 Å². The molecule has 1 amide bonds. The van der Waals surface area contributed by atoms with Crippen molar-refractivity contribution in [3.63, 3.8) is 0 Å². The molecular weight excluding hydrogens is 284 g/mol. The van der Waals surface area contributed by atoms with Crippen molar-refractivity contribution in [2.24, 2.45) is 0 Å². The molecule has 0 saturated carbocycles. The number of hydrogen-bond donors (Lipinski definition) is 2. The molecule has 0 fully saturated rings. The zero-order valence-corrected chi connectivity index (χ0v) is 12.3. The van der Waals surface area contributed by atoms with Crippen LogP contribution in [0, 0.1) is 0 Å². The van der Waals surface area contributed by atoms with Crippen molar-refractivity contribution in [2.75, 3.05) is 0 Å². The number of oxazole rings is 1. The average Bonchev–Trinajstić information content (AvgIpc) is 3.02. The van der Waals surface area contributed by atoms with E-state index in [0.29, 0.717) is 12.3 Å². The summed E-state index contributed by atoms with van der Waals surface area (Å²) in [6.07, 6.45) is 3.21. The third-order valence-electron chi connectivity index (χ3n) is 3.21. The largest absolute Gasteiger partial charge is 0.480 e. The molecule has 116 valence electrons. The molecule has 0 aliphatic heterocycles. The molecule has 0 radical (unpaired) electrons. The minimum absolute atomic E-state index is 0.0709. The maximum Gasteiger partial charge on any atom is 0.326 e. The fourth-order valence-corrected chi connectivity index (χ4v) is 1.99. The van der Waals surface area contributed by atoms with Gasteiger partial charge in [-0.1, -0.05) is 38.0 Å². The number of unbranched alkanes of at least 4 members (excludes halogenated alkanes) is 1. The van der Waals surface area contributed by atoms with Crippen molar-refractivity contribution in [1.29, 1.82) is 0 Å². The van der Waals surface area contributed by atoms with Gasteiger partial charge in [-0.15, -0.1) is 0 Å². The van der Waals surface area contributed by atoms with Crippen molar-refractivity contribution < 1.29 is 19.1 Å². The molecule has 2 N–H and O–H groups in total. The molecule has 0 saturated heterocycles. The van der Waals surface area contributed by atoms with Gasteiger partial charge in [0, 0.05) is 5.56 Å². The summed E-state index contributed by atoms with van der Waals surface area (Å²) < 4.78 is 5.28. The Bertz CT molecular complexity index is 637. The number of carbonyl (C=O) groups is 2. The number of carboxylic acid groups (broad SMARTS) is 1. The van der Waals surface area contributed by atoms with Gasteiger partial charge < -0.3 is 14.8 Å². The minimum Gasteiger partial charge on any atom is -0.480 e.